The lowest BCUT2D eigenvalue weighted by molar-refractivity contribution is -0.257. The number of nitrogens with one attached hydrogen (secondary N) is 1. The molecule has 0 aliphatic rings. The minimum Gasteiger partial charge on any atom is -0.381 e. The van der Waals surface area contributed by atoms with Gasteiger partial charge in [0.1, 0.15) is 6.04 Å². The minimum atomic E-state index is -4.68. The first-order chi connectivity index (χ1) is 8.91. The first kappa shape index (κ1) is 18.7. The molecule has 2 unspecified atom stereocenters. The average Bonchev–Trinajstić information content (AvgIpc) is 2.29. The van der Waals surface area contributed by atoms with Gasteiger partial charge in [0.25, 0.3) is 5.91 Å². The summed E-state index contributed by atoms with van der Waals surface area (Å²) in [6, 6.07) is -1.87. The number of carbonyl (C=O) groups excluding carboxylic acids is 2. The molecule has 0 fully saturated rings. The van der Waals surface area contributed by atoms with Crippen LogP contribution in [-0.4, -0.2) is 53.5 Å². The van der Waals surface area contributed by atoms with Gasteiger partial charge in [0.15, 0.2) is 6.10 Å². The number of hydrogen-bond donors (Lipinski definition) is 2. The number of nitrogens with zero attached hydrogens (tertiary/aromatic N) is 1. The lowest BCUT2D eigenvalue weighted by Crippen LogP contribution is -2.53. The van der Waals surface area contributed by atoms with Crippen LogP contribution in [0.25, 0.3) is 0 Å². The molecule has 0 rings (SSSR count). The van der Waals surface area contributed by atoms with Crippen molar-refractivity contribution in [1.29, 1.82) is 0 Å². The van der Waals surface area contributed by atoms with E-state index in [9.17, 15) is 27.9 Å². The Morgan fingerprint density at radius 1 is 1.40 bits per heavy atom. The predicted octanol–water partition coefficient (Wildman–Crippen LogP) is 0.603. The number of aliphatic hydroxyl groups is 1. The maximum absolute atomic E-state index is 12.5. The number of likely N-dealkylation sites (N-methyl/N-ethyl adjacent to an activating group) is 1. The minimum absolute atomic E-state index is 0.00775. The van der Waals surface area contributed by atoms with E-state index in [0.29, 0.717) is 5.06 Å². The topological polar surface area (TPSA) is 78.9 Å². The Kier molecular flexibility index (Phi) is 6.42. The number of rotatable bonds is 6. The third-order valence-corrected chi connectivity index (χ3v) is 2.13. The van der Waals surface area contributed by atoms with Gasteiger partial charge in [-0.2, -0.15) is 13.2 Å². The van der Waals surface area contributed by atoms with Gasteiger partial charge in [-0.3, -0.25) is 14.4 Å². The number of halogens is 3. The van der Waals surface area contributed by atoms with Gasteiger partial charge in [-0.25, -0.2) is 5.06 Å². The molecule has 6 nitrogen and oxygen atoms in total. The summed E-state index contributed by atoms with van der Waals surface area (Å²) in [7, 11) is 1.16. The van der Waals surface area contributed by atoms with Crippen LogP contribution in [0.15, 0.2) is 0 Å². The molecule has 0 aliphatic carbocycles. The fraction of sp³-hybridized carbons (Fsp3) is 0.818. The molecule has 0 aromatic carbocycles. The average molecular weight is 300 g/mol. The van der Waals surface area contributed by atoms with Crippen LogP contribution in [0.3, 0.4) is 0 Å². The molecule has 9 heteroatoms. The first-order valence-electron chi connectivity index (χ1n) is 5.80. The van der Waals surface area contributed by atoms with E-state index in [2.05, 4.69) is 0 Å². The molecule has 118 valence electrons. The van der Waals surface area contributed by atoms with E-state index in [1.54, 1.807) is 0 Å². The van der Waals surface area contributed by atoms with Gasteiger partial charge in [0.05, 0.1) is 12.0 Å². The zero-order valence-electron chi connectivity index (χ0n) is 11.7. The van der Waals surface area contributed by atoms with Crippen molar-refractivity contribution in [3.63, 3.8) is 0 Å². The van der Waals surface area contributed by atoms with Gasteiger partial charge in [-0.05, 0) is 20.8 Å². The van der Waals surface area contributed by atoms with E-state index in [-0.39, 0.29) is 6.41 Å². The summed E-state index contributed by atoms with van der Waals surface area (Å²) in [6.45, 7) is 4.54. The predicted molar refractivity (Wildman–Crippen MR) is 63.3 cm³/mol. The van der Waals surface area contributed by atoms with Crippen LogP contribution in [0.4, 0.5) is 13.2 Å². The molecule has 0 aromatic rings. The Morgan fingerprint density at radius 2 is 1.90 bits per heavy atom. The van der Waals surface area contributed by atoms with Crippen molar-refractivity contribution in [2.45, 2.75) is 51.1 Å². The molecule has 0 saturated carbocycles. The standard InChI is InChI=1S/C11H19F3N2O4/c1-10(2,3)20-16(6-17)7(5-11(12,13)14)8(18)9(19)15-4/h6-8,18H,5H2,1-4H3,(H,15,19). The van der Waals surface area contributed by atoms with Crippen molar-refractivity contribution in [2.75, 3.05) is 7.05 Å². The molecule has 0 aliphatic heterocycles. The lowest BCUT2D eigenvalue weighted by Gasteiger charge is -2.35. The summed E-state index contributed by atoms with van der Waals surface area (Å²) in [5.41, 5.74) is -0.965. The second-order valence-electron chi connectivity index (χ2n) is 5.11. The van der Waals surface area contributed by atoms with Crippen molar-refractivity contribution < 1.29 is 32.7 Å². The van der Waals surface area contributed by atoms with Crippen LogP contribution in [0.1, 0.15) is 27.2 Å². The van der Waals surface area contributed by atoms with Gasteiger partial charge in [-0.1, -0.05) is 0 Å². The van der Waals surface area contributed by atoms with E-state index in [0.717, 1.165) is 7.05 Å². The normalized spacial score (nSPS) is 15.4. The highest BCUT2D eigenvalue weighted by molar-refractivity contribution is 5.81. The molecule has 0 saturated heterocycles. The summed E-state index contributed by atoms with van der Waals surface area (Å²) in [5, 5.41) is 12.0. The highest BCUT2D eigenvalue weighted by Gasteiger charge is 2.42. The summed E-state index contributed by atoms with van der Waals surface area (Å²) < 4.78 is 37.6. The molecular weight excluding hydrogens is 281 g/mol. The van der Waals surface area contributed by atoms with E-state index >= 15 is 0 Å². The SMILES string of the molecule is CNC(=O)C(O)C(CC(F)(F)F)N(C=O)OC(C)(C)C. The smallest absolute Gasteiger partial charge is 0.381 e. The van der Waals surface area contributed by atoms with Crippen LogP contribution in [0, 0.1) is 0 Å². The number of hydroxylamine groups is 2. The summed E-state index contributed by atoms with van der Waals surface area (Å²) >= 11 is 0. The lowest BCUT2D eigenvalue weighted by atomic mass is 10.1. The maximum atomic E-state index is 12.5. The van der Waals surface area contributed by atoms with Crippen molar-refractivity contribution in [2.24, 2.45) is 0 Å². The molecule has 0 aromatic heterocycles. The van der Waals surface area contributed by atoms with Crippen molar-refractivity contribution in [1.82, 2.24) is 10.4 Å². The number of alkyl halides is 3. The molecule has 0 bridgehead atoms. The highest BCUT2D eigenvalue weighted by Crippen LogP contribution is 2.27. The Morgan fingerprint density at radius 3 is 2.20 bits per heavy atom. The first-order valence-corrected chi connectivity index (χ1v) is 5.80. The third kappa shape index (κ3) is 6.71. The van der Waals surface area contributed by atoms with Gasteiger partial charge >= 0.3 is 6.18 Å². The van der Waals surface area contributed by atoms with Crippen LogP contribution in [0.2, 0.25) is 0 Å². The number of hydrogen-bond acceptors (Lipinski definition) is 4. The molecule has 0 heterocycles. The van der Waals surface area contributed by atoms with Crippen LogP contribution in [-0.2, 0) is 14.4 Å². The quantitative estimate of drug-likeness (QED) is 0.556. The van der Waals surface area contributed by atoms with E-state index in [1.165, 1.54) is 20.8 Å². The molecule has 2 atom stereocenters. The number of amides is 2. The van der Waals surface area contributed by atoms with Crippen LogP contribution >= 0.6 is 0 Å². The van der Waals surface area contributed by atoms with Crippen molar-refractivity contribution >= 4 is 12.3 Å². The molecule has 0 radical (unpaired) electrons. The van der Waals surface area contributed by atoms with Gasteiger partial charge in [0, 0.05) is 7.05 Å². The Labute approximate surface area is 114 Å². The zero-order valence-corrected chi connectivity index (χ0v) is 11.7. The summed E-state index contributed by atoms with van der Waals surface area (Å²) in [5.74, 6) is -1.04. The summed E-state index contributed by atoms with van der Waals surface area (Å²) in [4.78, 5) is 27.3. The number of carbonyl (C=O) groups is 2. The van der Waals surface area contributed by atoms with Gasteiger partial charge in [-0.15, -0.1) is 0 Å². The van der Waals surface area contributed by atoms with E-state index in [4.69, 9.17) is 4.84 Å². The summed E-state index contributed by atoms with van der Waals surface area (Å²) in [6.07, 6.45) is -8.30. The fourth-order valence-electron chi connectivity index (χ4n) is 1.38. The zero-order chi connectivity index (χ0) is 16.1. The molecule has 2 N–H and O–H groups in total. The van der Waals surface area contributed by atoms with Crippen LogP contribution < -0.4 is 5.32 Å². The number of aliphatic hydroxyl groups excluding tert-OH is 1. The van der Waals surface area contributed by atoms with Crippen molar-refractivity contribution in [3.8, 4) is 0 Å². The van der Waals surface area contributed by atoms with Gasteiger partial charge in [0.2, 0.25) is 6.41 Å². The Bertz CT molecular complexity index is 342. The Hall–Kier alpha value is -1.35. The molecular formula is C11H19F3N2O4. The second kappa shape index (κ2) is 6.89. The third-order valence-electron chi connectivity index (χ3n) is 2.13. The van der Waals surface area contributed by atoms with E-state index in [1.807, 2.05) is 5.32 Å². The largest absolute Gasteiger partial charge is 0.391 e. The fourth-order valence-corrected chi connectivity index (χ4v) is 1.38. The molecule has 0 spiro atoms. The second-order valence-corrected chi connectivity index (χ2v) is 5.11. The molecule has 20 heavy (non-hydrogen) atoms. The Balaban J connectivity index is 5.26. The van der Waals surface area contributed by atoms with Gasteiger partial charge < -0.3 is 10.4 Å². The highest BCUT2D eigenvalue weighted by atomic mass is 19.4. The van der Waals surface area contributed by atoms with Crippen molar-refractivity contribution in [3.05, 3.63) is 0 Å². The van der Waals surface area contributed by atoms with Crippen LogP contribution in [0.5, 0.6) is 0 Å². The maximum Gasteiger partial charge on any atom is 0.391 e. The van der Waals surface area contributed by atoms with E-state index < -0.39 is 36.3 Å². The molecule has 2 amide bonds. The monoisotopic (exact) mass is 300 g/mol.